The molecule has 0 saturated carbocycles. The van der Waals surface area contributed by atoms with E-state index in [0.717, 1.165) is 11.9 Å². The molecule has 1 aromatic rings. The van der Waals surface area contributed by atoms with Crippen molar-refractivity contribution in [1.29, 1.82) is 0 Å². The molecule has 0 aliphatic carbocycles. The number of pyridine rings is 1. The summed E-state index contributed by atoms with van der Waals surface area (Å²) in [5.74, 6) is 0. The topological polar surface area (TPSA) is 12.9 Å². The van der Waals surface area contributed by atoms with E-state index in [9.17, 15) is 0 Å². The van der Waals surface area contributed by atoms with Crippen molar-refractivity contribution in [2.24, 2.45) is 0 Å². The van der Waals surface area contributed by atoms with Crippen LogP contribution in [-0.4, -0.2) is 4.98 Å². The second-order valence-corrected chi connectivity index (χ2v) is 2.45. The second kappa shape index (κ2) is 2.93. The average Bonchev–Trinajstić information content (AvgIpc) is 1.89. The number of nitrogens with zero attached hydrogens (tertiary/aromatic N) is 1. The molecule has 0 spiro atoms. The Labute approximate surface area is 57.7 Å². The molecule has 0 aromatic carbocycles. The first-order valence-corrected chi connectivity index (χ1v) is 3.61. The third kappa shape index (κ3) is 1.49. The molecule has 9 heavy (non-hydrogen) atoms. The molecule has 0 saturated heterocycles. The van der Waals surface area contributed by atoms with Gasteiger partial charge in [-0.15, -0.1) is 0 Å². The standard InChI is InChI=1S/C7H10NP/c1-2-6-4-3-5-8-7(6)9/h3-5H,2,9H2,1H3. The van der Waals surface area contributed by atoms with Crippen molar-refractivity contribution in [2.75, 3.05) is 0 Å². The molecule has 1 heterocycles. The summed E-state index contributed by atoms with van der Waals surface area (Å²) in [6.07, 6.45) is 2.87. The minimum absolute atomic E-state index is 1.06. The van der Waals surface area contributed by atoms with Crippen molar-refractivity contribution >= 4 is 14.7 Å². The summed E-state index contributed by atoms with van der Waals surface area (Å²) in [6.45, 7) is 2.13. The Morgan fingerprint density at radius 3 is 2.89 bits per heavy atom. The Morgan fingerprint density at radius 2 is 2.44 bits per heavy atom. The highest BCUT2D eigenvalue weighted by Crippen LogP contribution is 1.96. The molecule has 1 rings (SSSR count). The predicted molar refractivity (Wildman–Crippen MR) is 43.0 cm³/mol. The Bertz CT molecular complexity index is 198. The van der Waals surface area contributed by atoms with Crippen LogP contribution in [-0.2, 0) is 6.42 Å². The number of hydrogen-bond acceptors (Lipinski definition) is 1. The van der Waals surface area contributed by atoms with Gasteiger partial charge in [-0.2, -0.15) is 0 Å². The maximum atomic E-state index is 4.11. The zero-order valence-corrected chi connectivity index (χ0v) is 6.62. The van der Waals surface area contributed by atoms with Crippen LogP contribution in [0.25, 0.3) is 0 Å². The Hall–Kier alpha value is -0.420. The van der Waals surface area contributed by atoms with Crippen molar-refractivity contribution in [2.45, 2.75) is 13.3 Å². The summed E-state index contributed by atoms with van der Waals surface area (Å²) in [6, 6.07) is 4.06. The van der Waals surface area contributed by atoms with Crippen LogP contribution in [0.3, 0.4) is 0 Å². The summed E-state index contributed by atoms with van der Waals surface area (Å²) in [4.78, 5) is 4.11. The minimum Gasteiger partial charge on any atom is -0.257 e. The van der Waals surface area contributed by atoms with Crippen molar-refractivity contribution in [3.05, 3.63) is 23.9 Å². The van der Waals surface area contributed by atoms with Crippen molar-refractivity contribution in [3.8, 4) is 0 Å². The molecule has 2 heteroatoms. The quantitative estimate of drug-likeness (QED) is 0.532. The van der Waals surface area contributed by atoms with Gasteiger partial charge in [-0.05, 0) is 18.1 Å². The van der Waals surface area contributed by atoms with Gasteiger partial charge in [-0.25, -0.2) is 0 Å². The van der Waals surface area contributed by atoms with E-state index in [4.69, 9.17) is 0 Å². The van der Waals surface area contributed by atoms with Crippen LogP contribution in [0, 0.1) is 0 Å². The molecule has 0 amide bonds. The first-order valence-electron chi connectivity index (χ1n) is 3.04. The normalized spacial score (nSPS) is 9.56. The molecular formula is C7H10NP. The Balaban J connectivity index is 3.01. The summed E-state index contributed by atoms with van der Waals surface area (Å²) in [5.41, 5.74) is 2.38. The van der Waals surface area contributed by atoms with E-state index < -0.39 is 0 Å². The first-order chi connectivity index (χ1) is 4.34. The van der Waals surface area contributed by atoms with E-state index in [1.54, 1.807) is 0 Å². The lowest BCUT2D eigenvalue weighted by atomic mass is 10.2. The van der Waals surface area contributed by atoms with Gasteiger partial charge in [0.1, 0.15) is 0 Å². The lowest BCUT2D eigenvalue weighted by Crippen LogP contribution is -2.03. The van der Waals surface area contributed by atoms with E-state index in [1.807, 2.05) is 12.3 Å². The van der Waals surface area contributed by atoms with Crippen LogP contribution >= 0.6 is 9.24 Å². The van der Waals surface area contributed by atoms with Gasteiger partial charge in [-0.3, -0.25) is 4.98 Å². The number of rotatable bonds is 1. The fourth-order valence-corrected chi connectivity index (χ4v) is 1.14. The molecule has 0 aliphatic rings. The molecule has 48 valence electrons. The SMILES string of the molecule is CCc1cccnc1P. The fourth-order valence-electron chi connectivity index (χ4n) is 0.750. The molecule has 1 unspecified atom stereocenters. The highest BCUT2D eigenvalue weighted by Gasteiger charge is 1.91. The lowest BCUT2D eigenvalue weighted by molar-refractivity contribution is 1.13. The Kier molecular flexibility index (Phi) is 2.18. The van der Waals surface area contributed by atoms with Crippen LogP contribution in [0.15, 0.2) is 18.3 Å². The zero-order chi connectivity index (χ0) is 6.69. The van der Waals surface area contributed by atoms with Gasteiger partial charge in [0.2, 0.25) is 0 Å². The minimum atomic E-state index is 1.06. The van der Waals surface area contributed by atoms with Crippen molar-refractivity contribution < 1.29 is 0 Å². The summed E-state index contributed by atoms with van der Waals surface area (Å²) in [5, 5.41) is 0. The van der Waals surface area contributed by atoms with E-state index in [-0.39, 0.29) is 0 Å². The zero-order valence-electron chi connectivity index (χ0n) is 5.46. The maximum Gasteiger partial charge on any atom is 0.0600 e. The highest BCUT2D eigenvalue weighted by atomic mass is 31.0. The molecule has 1 aromatic heterocycles. The molecule has 0 radical (unpaired) electrons. The monoisotopic (exact) mass is 139 g/mol. The van der Waals surface area contributed by atoms with Crippen LogP contribution in [0.1, 0.15) is 12.5 Å². The largest absolute Gasteiger partial charge is 0.257 e. The highest BCUT2D eigenvalue weighted by molar-refractivity contribution is 7.27. The average molecular weight is 139 g/mol. The number of hydrogen-bond donors (Lipinski definition) is 0. The fraction of sp³-hybridized carbons (Fsp3) is 0.286. The van der Waals surface area contributed by atoms with E-state index in [1.165, 1.54) is 5.56 Å². The molecule has 0 bridgehead atoms. The molecule has 1 atom stereocenters. The Morgan fingerprint density at radius 1 is 1.67 bits per heavy atom. The van der Waals surface area contributed by atoms with Crippen LogP contribution in [0.2, 0.25) is 0 Å². The molecule has 0 aliphatic heterocycles. The van der Waals surface area contributed by atoms with Gasteiger partial charge in [0.25, 0.3) is 0 Å². The van der Waals surface area contributed by atoms with Crippen LogP contribution in [0.5, 0.6) is 0 Å². The third-order valence-electron chi connectivity index (χ3n) is 1.31. The lowest BCUT2D eigenvalue weighted by Gasteiger charge is -1.97. The third-order valence-corrected chi connectivity index (χ3v) is 1.83. The summed E-state index contributed by atoms with van der Waals surface area (Å²) < 4.78 is 0. The predicted octanol–water partition coefficient (Wildman–Crippen LogP) is 1.14. The molecular weight excluding hydrogens is 129 g/mol. The smallest absolute Gasteiger partial charge is 0.0600 e. The number of aromatic nitrogens is 1. The van der Waals surface area contributed by atoms with E-state index in [0.29, 0.717) is 0 Å². The first kappa shape index (κ1) is 6.70. The van der Waals surface area contributed by atoms with Gasteiger partial charge >= 0.3 is 0 Å². The van der Waals surface area contributed by atoms with Gasteiger partial charge in [0, 0.05) is 6.20 Å². The van der Waals surface area contributed by atoms with Crippen LogP contribution in [0.4, 0.5) is 0 Å². The summed E-state index contributed by atoms with van der Waals surface area (Å²) >= 11 is 0. The van der Waals surface area contributed by atoms with Gasteiger partial charge in [0.15, 0.2) is 0 Å². The van der Waals surface area contributed by atoms with Gasteiger partial charge in [-0.1, -0.05) is 22.2 Å². The second-order valence-electron chi connectivity index (χ2n) is 1.90. The molecule has 0 N–H and O–H groups in total. The van der Waals surface area contributed by atoms with Crippen LogP contribution < -0.4 is 5.44 Å². The van der Waals surface area contributed by atoms with Gasteiger partial charge < -0.3 is 0 Å². The number of aryl methyl sites for hydroxylation is 1. The maximum absolute atomic E-state index is 4.11. The van der Waals surface area contributed by atoms with E-state index >= 15 is 0 Å². The van der Waals surface area contributed by atoms with Crippen molar-refractivity contribution in [1.82, 2.24) is 4.98 Å². The molecule has 0 fully saturated rings. The van der Waals surface area contributed by atoms with Crippen molar-refractivity contribution in [3.63, 3.8) is 0 Å². The molecule has 1 nitrogen and oxygen atoms in total. The van der Waals surface area contributed by atoms with E-state index in [2.05, 4.69) is 27.2 Å². The summed E-state index contributed by atoms with van der Waals surface area (Å²) in [7, 11) is 2.62. The van der Waals surface area contributed by atoms with Gasteiger partial charge in [0.05, 0.1) is 5.44 Å².